The van der Waals surface area contributed by atoms with E-state index in [0.717, 1.165) is 0 Å². The third-order valence-electron chi connectivity index (χ3n) is 12.4. The molecule has 0 unspecified atom stereocenters. The first-order valence-corrected chi connectivity index (χ1v) is 19.4. The minimum absolute atomic E-state index is 0.00568. The normalized spacial score (nSPS) is 13.0. The smallest absolute Gasteiger partial charge is 0.00195 e. The van der Waals surface area contributed by atoms with Crippen molar-refractivity contribution in [2.24, 2.45) is 0 Å². The van der Waals surface area contributed by atoms with Crippen LogP contribution in [0, 0.1) is 0 Å². The Kier molecular flexibility index (Phi) is 6.31. The zero-order valence-corrected chi connectivity index (χ0v) is 31.9. The number of rotatable bonds is 2. The van der Waals surface area contributed by atoms with Crippen molar-refractivity contribution in [1.82, 2.24) is 0 Å². The monoisotopic (exact) mass is 690 g/mol. The summed E-state index contributed by atoms with van der Waals surface area (Å²) in [6.07, 6.45) is 0. The third kappa shape index (κ3) is 4.37. The molecule has 0 saturated heterocycles. The third-order valence-corrected chi connectivity index (χ3v) is 12.4. The Morgan fingerprint density at radius 3 is 1.50 bits per heavy atom. The van der Waals surface area contributed by atoms with E-state index in [9.17, 15) is 0 Å². The van der Waals surface area contributed by atoms with Crippen LogP contribution < -0.4 is 0 Å². The Morgan fingerprint density at radius 2 is 0.815 bits per heavy atom. The molecule has 0 spiro atoms. The van der Waals surface area contributed by atoms with Crippen molar-refractivity contribution in [2.45, 2.75) is 52.4 Å². The fourth-order valence-corrected chi connectivity index (χ4v) is 9.66. The molecule has 0 amide bonds. The van der Waals surface area contributed by atoms with E-state index in [1.807, 2.05) is 0 Å². The molecular weight excluding hydrogens is 649 g/mol. The number of hydrogen-bond donors (Lipinski definition) is 0. The van der Waals surface area contributed by atoms with E-state index >= 15 is 0 Å². The molecule has 54 heavy (non-hydrogen) atoms. The summed E-state index contributed by atoms with van der Waals surface area (Å²) in [5.74, 6) is 0. The lowest BCUT2D eigenvalue weighted by Crippen LogP contribution is -2.11. The average Bonchev–Trinajstić information content (AvgIpc) is 3.67. The molecular formula is C54H42. The van der Waals surface area contributed by atoms with Crippen LogP contribution in [0.4, 0.5) is 0 Å². The van der Waals surface area contributed by atoms with Crippen molar-refractivity contribution in [3.05, 3.63) is 157 Å². The molecule has 0 bridgehead atoms. The summed E-state index contributed by atoms with van der Waals surface area (Å²) in [6.45, 7) is 13.9. The molecule has 0 N–H and O–H groups in total. The second-order valence-electron chi connectivity index (χ2n) is 17.7. The molecule has 0 aliphatic carbocycles. The van der Waals surface area contributed by atoms with Crippen LogP contribution in [0.2, 0.25) is 0 Å². The zero-order chi connectivity index (χ0) is 36.7. The minimum atomic E-state index is -0.00568. The number of fused-ring (bicyclic) bond motifs is 10. The minimum Gasteiger partial charge on any atom is -0.0616 e. The van der Waals surface area contributed by atoms with Gasteiger partial charge in [0.2, 0.25) is 0 Å². The van der Waals surface area contributed by atoms with E-state index in [-0.39, 0.29) is 10.8 Å². The highest BCUT2D eigenvalue weighted by Gasteiger charge is 2.24. The van der Waals surface area contributed by atoms with E-state index < -0.39 is 0 Å². The maximum absolute atomic E-state index is 2.53. The van der Waals surface area contributed by atoms with Crippen LogP contribution in [0.5, 0.6) is 0 Å². The molecule has 11 rings (SSSR count). The Balaban J connectivity index is 1.34. The maximum atomic E-state index is 2.53. The van der Waals surface area contributed by atoms with Gasteiger partial charge in [-0.25, -0.2) is 0 Å². The summed E-state index contributed by atoms with van der Waals surface area (Å²) in [7, 11) is 0. The van der Waals surface area contributed by atoms with E-state index in [4.69, 9.17) is 0 Å². The average molecular weight is 691 g/mol. The predicted octanol–water partition coefficient (Wildman–Crippen LogP) is 15.7. The Morgan fingerprint density at radius 1 is 0.278 bits per heavy atom. The van der Waals surface area contributed by atoms with Crippen molar-refractivity contribution >= 4 is 86.2 Å². The van der Waals surface area contributed by atoms with Gasteiger partial charge in [-0.1, -0.05) is 157 Å². The molecule has 0 aromatic heterocycles. The van der Waals surface area contributed by atoms with Gasteiger partial charge in [-0.05, 0) is 161 Å². The van der Waals surface area contributed by atoms with Crippen LogP contribution in [0.1, 0.15) is 52.7 Å². The summed E-state index contributed by atoms with van der Waals surface area (Å²) in [5.41, 5.74) is 7.89. The largest absolute Gasteiger partial charge is 0.0616 e. The predicted molar refractivity (Wildman–Crippen MR) is 237 cm³/mol. The van der Waals surface area contributed by atoms with Crippen molar-refractivity contribution < 1.29 is 0 Å². The first-order chi connectivity index (χ1) is 26.0. The highest BCUT2D eigenvalue weighted by molar-refractivity contribution is 6.39. The Bertz CT molecular complexity index is 3300. The van der Waals surface area contributed by atoms with Crippen LogP contribution >= 0.6 is 0 Å². The fourth-order valence-electron chi connectivity index (χ4n) is 9.66. The van der Waals surface area contributed by atoms with Gasteiger partial charge in [-0.2, -0.15) is 0 Å². The number of hydrogen-bond acceptors (Lipinski definition) is 0. The van der Waals surface area contributed by atoms with Crippen LogP contribution in [-0.2, 0) is 10.8 Å². The van der Waals surface area contributed by atoms with Gasteiger partial charge in [0.1, 0.15) is 0 Å². The van der Waals surface area contributed by atoms with Gasteiger partial charge < -0.3 is 0 Å². The van der Waals surface area contributed by atoms with Gasteiger partial charge in [-0.15, -0.1) is 0 Å². The van der Waals surface area contributed by atoms with Gasteiger partial charge in [0.25, 0.3) is 0 Å². The first-order valence-electron chi connectivity index (χ1n) is 19.4. The molecule has 0 heteroatoms. The summed E-state index contributed by atoms with van der Waals surface area (Å²) in [5, 5.41) is 21.3. The lowest BCUT2D eigenvalue weighted by molar-refractivity contribution is 0.590. The van der Waals surface area contributed by atoms with Gasteiger partial charge in [0, 0.05) is 0 Å². The molecule has 0 atom stereocenters. The summed E-state index contributed by atoms with van der Waals surface area (Å²) in [4.78, 5) is 0. The van der Waals surface area contributed by atoms with Crippen molar-refractivity contribution in [1.29, 1.82) is 0 Å². The lowest BCUT2D eigenvalue weighted by Gasteiger charge is -2.24. The topological polar surface area (TPSA) is 0 Å². The molecule has 0 fully saturated rings. The van der Waals surface area contributed by atoms with E-state index in [0.29, 0.717) is 0 Å². The van der Waals surface area contributed by atoms with Gasteiger partial charge in [0.05, 0.1) is 0 Å². The maximum Gasteiger partial charge on any atom is -0.00195 e. The Labute approximate surface area is 316 Å². The van der Waals surface area contributed by atoms with Gasteiger partial charge >= 0.3 is 0 Å². The fraction of sp³-hybridized carbons (Fsp3) is 0.148. The number of benzene rings is 9. The first kappa shape index (κ1) is 31.5. The summed E-state index contributed by atoms with van der Waals surface area (Å²) < 4.78 is 0. The van der Waals surface area contributed by atoms with Crippen LogP contribution in [0.3, 0.4) is 0 Å². The highest BCUT2D eigenvalue weighted by Crippen LogP contribution is 2.50. The van der Waals surface area contributed by atoms with E-state index in [2.05, 4.69) is 187 Å². The molecule has 258 valence electrons. The molecule has 11 aromatic rings. The second kappa shape index (κ2) is 10.8. The molecule has 0 aliphatic rings. The lowest BCUT2D eigenvalue weighted by atomic mass is 9.80. The van der Waals surface area contributed by atoms with Crippen molar-refractivity contribution in [3.63, 3.8) is 0 Å². The van der Waals surface area contributed by atoms with Crippen molar-refractivity contribution in [3.8, 4) is 22.3 Å². The standard InChI is InChI=1S/C54H42/c1-53(2,3)34-22-20-31(21-23-34)36-25-24-35(54(4,5)6)28-45(36)47-27-33-26-44-40-16-9-12-32-13-10-17-41(50(32)40)46(44)29-43(33)49-30-48-38-15-8-7-14-37(38)39-18-11-19-42(51(39)48)52(47)49/h7-30H,1-6H3. The van der Waals surface area contributed by atoms with Crippen LogP contribution in [0.25, 0.3) is 108 Å². The summed E-state index contributed by atoms with van der Waals surface area (Å²) in [6, 6.07) is 56.1. The molecule has 0 heterocycles. The highest BCUT2D eigenvalue weighted by atomic mass is 14.3. The molecule has 11 aromatic carbocycles. The Hall–Kier alpha value is -5.98. The molecule has 0 nitrogen and oxygen atoms in total. The van der Waals surface area contributed by atoms with Crippen LogP contribution in [-0.4, -0.2) is 0 Å². The molecule has 0 radical (unpaired) electrons. The quantitative estimate of drug-likeness (QED) is 0.158. The SMILES string of the molecule is CC(C)(C)c1ccc(-c2ccc(C(C)(C)C)cc2-c2cc3cc4c(cc3c3cc5c6ccccc6c6cccc(c23)c65)c2cccc3cccc4c32)cc1. The zero-order valence-electron chi connectivity index (χ0n) is 31.9. The van der Waals surface area contributed by atoms with Crippen molar-refractivity contribution in [2.75, 3.05) is 0 Å². The second-order valence-corrected chi connectivity index (χ2v) is 17.7. The van der Waals surface area contributed by atoms with E-state index in [1.165, 1.54) is 120 Å². The van der Waals surface area contributed by atoms with E-state index in [1.54, 1.807) is 0 Å². The van der Waals surface area contributed by atoms with Gasteiger partial charge in [0.15, 0.2) is 0 Å². The van der Waals surface area contributed by atoms with Gasteiger partial charge in [-0.3, -0.25) is 0 Å². The molecule has 0 aliphatic heterocycles. The summed E-state index contributed by atoms with van der Waals surface area (Å²) >= 11 is 0. The van der Waals surface area contributed by atoms with Crippen LogP contribution in [0.15, 0.2) is 146 Å². The molecule has 0 saturated carbocycles.